The fourth-order valence-corrected chi connectivity index (χ4v) is 2.76. The van der Waals surface area contributed by atoms with E-state index in [1.165, 1.54) is 19.4 Å². The van der Waals surface area contributed by atoms with Crippen LogP contribution in [0.1, 0.15) is 32.9 Å². The fraction of sp³-hybridized carbons (Fsp3) is 0.579. The SMILES string of the molecule is CC(C)C(NC(=O)C(N)C(C)O)C(=O)NC(Cc1cnc[nH]1)C(=O)NC(CC(N)=O)C(=O)O. The summed E-state index contributed by atoms with van der Waals surface area (Å²) in [5, 5.41) is 25.9. The van der Waals surface area contributed by atoms with Gasteiger partial charge in [0.05, 0.1) is 18.9 Å². The number of amides is 4. The number of aromatic amines is 1. The highest BCUT2D eigenvalue weighted by Crippen LogP contribution is 2.07. The van der Waals surface area contributed by atoms with Gasteiger partial charge in [-0.1, -0.05) is 13.8 Å². The second-order valence-corrected chi connectivity index (χ2v) is 7.91. The minimum absolute atomic E-state index is 0.0908. The molecule has 0 saturated heterocycles. The molecule has 0 aliphatic rings. The minimum Gasteiger partial charge on any atom is -0.480 e. The van der Waals surface area contributed by atoms with Gasteiger partial charge in [0, 0.05) is 18.3 Å². The fourth-order valence-electron chi connectivity index (χ4n) is 2.76. The lowest BCUT2D eigenvalue weighted by Crippen LogP contribution is -2.59. The second kappa shape index (κ2) is 12.5. The molecular weight excluding hydrogens is 438 g/mol. The van der Waals surface area contributed by atoms with Crippen LogP contribution in [-0.2, 0) is 30.4 Å². The van der Waals surface area contributed by atoms with E-state index < -0.39 is 72.2 Å². The second-order valence-electron chi connectivity index (χ2n) is 7.91. The van der Waals surface area contributed by atoms with E-state index in [9.17, 15) is 34.2 Å². The molecule has 14 nitrogen and oxygen atoms in total. The summed E-state index contributed by atoms with van der Waals surface area (Å²) < 4.78 is 0. The lowest BCUT2D eigenvalue weighted by molar-refractivity contribution is -0.143. The molecule has 10 N–H and O–H groups in total. The molecule has 184 valence electrons. The number of carbonyl (C=O) groups excluding carboxylic acids is 4. The van der Waals surface area contributed by atoms with Crippen LogP contribution in [-0.4, -0.2) is 80.1 Å². The van der Waals surface area contributed by atoms with Crippen LogP contribution in [0, 0.1) is 5.92 Å². The first-order valence-electron chi connectivity index (χ1n) is 10.2. The quantitative estimate of drug-likeness (QED) is 0.144. The van der Waals surface area contributed by atoms with Crippen molar-refractivity contribution in [1.82, 2.24) is 25.9 Å². The average Bonchev–Trinajstić information content (AvgIpc) is 3.22. The first kappa shape index (κ1) is 27.5. The number of hydrogen-bond donors (Lipinski definition) is 8. The topological polar surface area (TPSA) is 243 Å². The molecule has 5 atom stereocenters. The van der Waals surface area contributed by atoms with Crippen LogP contribution in [0.4, 0.5) is 0 Å². The smallest absolute Gasteiger partial charge is 0.326 e. The lowest BCUT2D eigenvalue weighted by Gasteiger charge is -2.27. The predicted octanol–water partition coefficient (Wildman–Crippen LogP) is -3.27. The zero-order valence-corrected chi connectivity index (χ0v) is 18.6. The number of nitrogens with two attached hydrogens (primary N) is 2. The summed E-state index contributed by atoms with van der Waals surface area (Å²) in [4.78, 5) is 67.0. The third-order valence-corrected chi connectivity index (χ3v) is 4.70. The van der Waals surface area contributed by atoms with Gasteiger partial charge in [0.1, 0.15) is 24.2 Å². The monoisotopic (exact) mass is 469 g/mol. The number of nitrogens with one attached hydrogen (secondary N) is 4. The molecule has 4 amide bonds. The molecule has 1 aromatic rings. The molecule has 5 unspecified atom stereocenters. The molecule has 33 heavy (non-hydrogen) atoms. The van der Waals surface area contributed by atoms with Crippen molar-refractivity contribution in [1.29, 1.82) is 0 Å². The van der Waals surface area contributed by atoms with Crippen molar-refractivity contribution in [3.8, 4) is 0 Å². The summed E-state index contributed by atoms with van der Waals surface area (Å²) >= 11 is 0. The number of imidazole rings is 1. The summed E-state index contributed by atoms with van der Waals surface area (Å²) in [5.74, 6) is -5.23. The van der Waals surface area contributed by atoms with Gasteiger partial charge in [-0.05, 0) is 12.8 Å². The van der Waals surface area contributed by atoms with Crippen molar-refractivity contribution in [2.75, 3.05) is 0 Å². The molecule has 0 aliphatic heterocycles. The molecule has 0 bridgehead atoms. The number of carboxylic acids is 1. The molecule has 0 radical (unpaired) electrons. The van der Waals surface area contributed by atoms with Gasteiger partial charge >= 0.3 is 5.97 Å². The maximum atomic E-state index is 12.9. The molecule has 14 heteroatoms. The van der Waals surface area contributed by atoms with Gasteiger partial charge in [-0.2, -0.15) is 0 Å². The Hall–Kier alpha value is -3.52. The normalized spacial score (nSPS) is 15.6. The predicted molar refractivity (Wildman–Crippen MR) is 114 cm³/mol. The van der Waals surface area contributed by atoms with Gasteiger partial charge in [0.25, 0.3) is 0 Å². The summed E-state index contributed by atoms with van der Waals surface area (Å²) in [6, 6.07) is -5.26. The number of aromatic nitrogens is 2. The largest absolute Gasteiger partial charge is 0.480 e. The van der Waals surface area contributed by atoms with Crippen LogP contribution in [0.3, 0.4) is 0 Å². The van der Waals surface area contributed by atoms with E-state index in [1.807, 2.05) is 0 Å². The summed E-state index contributed by atoms with van der Waals surface area (Å²) in [6.45, 7) is 4.62. The highest BCUT2D eigenvalue weighted by molar-refractivity contribution is 5.95. The number of hydrogen-bond acceptors (Lipinski definition) is 8. The lowest BCUT2D eigenvalue weighted by atomic mass is 10.0. The Morgan fingerprint density at radius 3 is 2.09 bits per heavy atom. The Kier molecular flexibility index (Phi) is 10.4. The van der Waals surface area contributed by atoms with Crippen LogP contribution < -0.4 is 27.4 Å². The van der Waals surface area contributed by atoms with E-state index in [4.69, 9.17) is 11.5 Å². The molecule has 0 aliphatic carbocycles. The van der Waals surface area contributed by atoms with E-state index >= 15 is 0 Å². The average molecular weight is 469 g/mol. The number of H-pyrrole nitrogens is 1. The van der Waals surface area contributed by atoms with E-state index in [2.05, 4.69) is 25.9 Å². The molecule has 1 aromatic heterocycles. The molecule has 1 rings (SSSR count). The van der Waals surface area contributed by atoms with Crippen LogP contribution >= 0.6 is 0 Å². The van der Waals surface area contributed by atoms with Crippen molar-refractivity contribution < 1.29 is 34.2 Å². The van der Waals surface area contributed by atoms with Crippen molar-refractivity contribution in [2.45, 2.75) is 63.9 Å². The van der Waals surface area contributed by atoms with Crippen molar-refractivity contribution in [2.24, 2.45) is 17.4 Å². The Labute approximate surface area is 189 Å². The number of nitrogens with zero attached hydrogens (tertiary/aromatic N) is 1. The highest BCUT2D eigenvalue weighted by Gasteiger charge is 2.33. The number of primary amides is 1. The minimum atomic E-state index is -1.60. The van der Waals surface area contributed by atoms with E-state index in [0.717, 1.165) is 0 Å². The van der Waals surface area contributed by atoms with Gasteiger partial charge in [-0.25, -0.2) is 9.78 Å². The first-order valence-corrected chi connectivity index (χ1v) is 10.2. The molecule has 0 aromatic carbocycles. The van der Waals surface area contributed by atoms with Gasteiger partial charge in [0.2, 0.25) is 23.6 Å². The Balaban J connectivity index is 3.06. The third-order valence-electron chi connectivity index (χ3n) is 4.70. The van der Waals surface area contributed by atoms with Crippen LogP contribution in [0.2, 0.25) is 0 Å². The van der Waals surface area contributed by atoms with Crippen molar-refractivity contribution in [3.05, 3.63) is 18.2 Å². The molecule has 0 spiro atoms. The van der Waals surface area contributed by atoms with E-state index in [0.29, 0.717) is 5.69 Å². The zero-order valence-electron chi connectivity index (χ0n) is 18.6. The molecular formula is C19H31N7O7. The van der Waals surface area contributed by atoms with Crippen LogP contribution in [0.5, 0.6) is 0 Å². The number of aliphatic hydroxyl groups excluding tert-OH is 1. The maximum absolute atomic E-state index is 12.9. The Morgan fingerprint density at radius 1 is 1.03 bits per heavy atom. The first-order chi connectivity index (χ1) is 15.3. The molecule has 0 saturated carbocycles. The highest BCUT2D eigenvalue weighted by atomic mass is 16.4. The van der Waals surface area contributed by atoms with E-state index in [-0.39, 0.29) is 6.42 Å². The summed E-state index contributed by atoms with van der Waals surface area (Å²) in [6.07, 6.45) is 0.875. The number of aliphatic hydroxyl groups is 1. The number of aliphatic carboxylic acids is 1. The number of carboxylic acid groups (broad SMARTS) is 1. The standard InChI is InChI=1S/C19H31N7O7/c1-8(2)15(26-17(30)14(21)9(3)27)18(31)24-11(4-10-6-22-7-23-10)16(29)25-12(19(32)33)5-13(20)28/h6-9,11-12,14-15,27H,4-5,21H2,1-3H3,(H2,20,28)(H,22,23)(H,24,31)(H,25,29)(H,26,30)(H,32,33). The van der Waals surface area contributed by atoms with Crippen molar-refractivity contribution >= 4 is 29.6 Å². The Bertz CT molecular complexity index is 842. The molecule has 0 fully saturated rings. The summed E-state index contributed by atoms with van der Waals surface area (Å²) in [5.41, 5.74) is 11.1. The zero-order chi connectivity index (χ0) is 25.3. The van der Waals surface area contributed by atoms with E-state index in [1.54, 1.807) is 13.8 Å². The van der Waals surface area contributed by atoms with Crippen LogP contribution in [0.25, 0.3) is 0 Å². The maximum Gasteiger partial charge on any atom is 0.326 e. The Morgan fingerprint density at radius 2 is 1.64 bits per heavy atom. The van der Waals surface area contributed by atoms with Gasteiger partial charge in [-0.15, -0.1) is 0 Å². The molecule has 1 heterocycles. The van der Waals surface area contributed by atoms with Gasteiger partial charge < -0.3 is 42.6 Å². The van der Waals surface area contributed by atoms with Crippen LogP contribution in [0.15, 0.2) is 12.5 Å². The van der Waals surface area contributed by atoms with Crippen molar-refractivity contribution in [3.63, 3.8) is 0 Å². The number of rotatable bonds is 13. The van der Waals surface area contributed by atoms with Gasteiger partial charge in [0.15, 0.2) is 0 Å². The van der Waals surface area contributed by atoms with Gasteiger partial charge in [-0.3, -0.25) is 19.2 Å². The summed E-state index contributed by atoms with van der Waals surface area (Å²) in [7, 11) is 0. The third kappa shape index (κ3) is 8.86. The number of carbonyl (C=O) groups is 5.